The number of hydrogen-bond acceptors (Lipinski definition) is 1. The van der Waals surface area contributed by atoms with Gasteiger partial charge in [0.15, 0.2) is 0 Å². The van der Waals surface area contributed by atoms with E-state index < -0.39 is 0 Å². The maximum absolute atomic E-state index is 8.84. The van der Waals surface area contributed by atoms with Crippen LogP contribution in [0.5, 0.6) is 0 Å². The molecule has 1 heteroatoms. The van der Waals surface area contributed by atoms with E-state index in [0.717, 1.165) is 6.42 Å². The molecule has 47 valence electrons. The number of aliphatic hydroxyl groups is 1. The van der Waals surface area contributed by atoms with Crippen molar-refractivity contribution in [3.8, 4) is 0 Å². The van der Waals surface area contributed by atoms with Crippen LogP contribution >= 0.6 is 0 Å². The fourth-order valence-corrected chi connectivity index (χ4v) is 1.01. The first kappa shape index (κ1) is 6.09. The van der Waals surface area contributed by atoms with E-state index in [4.69, 9.17) is 5.11 Å². The predicted molar refractivity (Wildman–Crippen MR) is 32.8 cm³/mol. The highest BCUT2D eigenvalue weighted by Crippen LogP contribution is 2.49. The van der Waals surface area contributed by atoms with E-state index in [9.17, 15) is 0 Å². The van der Waals surface area contributed by atoms with Gasteiger partial charge in [0.2, 0.25) is 0 Å². The van der Waals surface area contributed by atoms with Crippen LogP contribution < -0.4 is 0 Å². The third kappa shape index (κ3) is 1.48. The summed E-state index contributed by atoms with van der Waals surface area (Å²) in [7, 11) is 0. The molecule has 1 radical (unpaired) electrons. The van der Waals surface area contributed by atoms with Crippen molar-refractivity contribution in [3.05, 3.63) is 6.10 Å². The van der Waals surface area contributed by atoms with Crippen molar-refractivity contribution in [1.82, 2.24) is 0 Å². The van der Waals surface area contributed by atoms with Gasteiger partial charge >= 0.3 is 0 Å². The topological polar surface area (TPSA) is 20.2 Å². The molecule has 1 aliphatic rings. The Morgan fingerprint density at radius 2 is 2.12 bits per heavy atom. The lowest BCUT2D eigenvalue weighted by Crippen LogP contribution is -1.98. The predicted octanol–water partition coefficient (Wildman–Crippen LogP) is 2.10. The largest absolute Gasteiger partial charge is 0.387 e. The third-order valence-corrected chi connectivity index (χ3v) is 1.79. The second-order valence-corrected chi connectivity index (χ2v) is 3.22. The molecule has 0 aromatic rings. The minimum Gasteiger partial charge on any atom is -0.387 e. The second kappa shape index (κ2) is 1.73. The van der Waals surface area contributed by atoms with Gasteiger partial charge in [0.25, 0.3) is 0 Å². The van der Waals surface area contributed by atoms with E-state index in [-0.39, 0.29) is 0 Å². The highest BCUT2D eigenvalue weighted by molar-refractivity contribution is 4.93. The lowest BCUT2D eigenvalue weighted by molar-refractivity contribution is 0.264. The minimum absolute atomic E-state index is 0.485. The molecular formula is C7H13O. The second-order valence-electron chi connectivity index (χ2n) is 3.22. The van der Waals surface area contributed by atoms with Gasteiger partial charge in [-0.2, -0.15) is 0 Å². The Kier molecular flexibility index (Phi) is 1.31. The molecule has 0 aromatic carbocycles. The standard InChI is InChI=1S/C7H13O/c1-6(8)5-7(2)3-4-7/h8H,3-5H2,1-2H3. The van der Waals surface area contributed by atoms with Crippen LogP contribution in [0.2, 0.25) is 0 Å². The summed E-state index contributed by atoms with van der Waals surface area (Å²) in [5.41, 5.74) is 0.485. The summed E-state index contributed by atoms with van der Waals surface area (Å²) in [6.45, 7) is 4.00. The van der Waals surface area contributed by atoms with Gasteiger partial charge in [-0.05, 0) is 31.6 Å². The van der Waals surface area contributed by atoms with Crippen molar-refractivity contribution in [2.24, 2.45) is 5.41 Å². The first-order valence-corrected chi connectivity index (χ1v) is 3.14. The van der Waals surface area contributed by atoms with E-state index in [1.165, 1.54) is 12.8 Å². The Hall–Kier alpha value is -0.0400. The number of aliphatic hydroxyl groups excluding tert-OH is 1. The molecule has 0 amide bonds. The highest BCUT2D eigenvalue weighted by atomic mass is 16.3. The molecule has 0 bridgehead atoms. The molecule has 1 saturated carbocycles. The summed E-state index contributed by atoms with van der Waals surface area (Å²) in [6, 6.07) is 0. The lowest BCUT2D eigenvalue weighted by Gasteiger charge is -2.07. The zero-order valence-corrected chi connectivity index (χ0v) is 5.57. The van der Waals surface area contributed by atoms with Crippen LogP contribution in [0.15, 0.2) is 0 Å². The van der Waals surface area contributed by atoms with Crippen LogP contribution in [0.3, 0.4) is 0 Å². The van der Waals surface area contributed by atoms with Crippen molar-refractivity contribution in [2.45, 2.75) is 33.1 Å². The van der Waals surface area contributed by atoms with Gasteiger partial charge in [0, 0.05) is 0 Å². The van der Waals surface area contributed by atoms with E-state index in [1.54, 1.807) is 6.92 Å². The molecule has 1 nitrogen and oxygen atoms in total. The minimum atomic E-state index is 0.485. The summed E-state index contributed by atoms with van der Waals surface area (Å²) < 4.78 is 0. The normalized spacial score (nSPS) is 24.0. The van der Waals surface area contributed by atoms with Gasteiger partial charge in [-0.1, -0.05) is 6.92 Å². The van der Waals surface area contributed by atoms with Crippen LogP contribution in [0.4, 0.5) is 0 Å². The first-order valence-electron chi connectivity index (χ1n) is 3.14. The van der Waals surface area contributed by atoms with Gasteiger partial charge < -0.3 is 5.11 Å². The van der Waals surface area contributed by atoms with Crippen LogP contribution in [0, 0.1) is 11.5 Å². The lowest BCUT2D eigenvalue weighted by atomic mass is 10.0. The molecule has 0 atom stereocenters. The molecule has 0 heterocycles. The first-order chi connectivity index (χ1) is 3.62. The number of hydrogen-bond donors (Lipinski definition) is 1. The third-order valence-electron chi connectivity index (χ3n) is 1.79. The SMILES string of the molecule is C[C](O)CC1(C)CC1. The molecule has 1 aliphatic carbocycles. The maximum atomic E-state index is 8.84. The molecule has 0 aromatic heterocycles. The quantitative estimate of drug-likeness (QED) is 0.581. The molecule has 1 fully saturated rings. The molecular weight excluding hydrogens is 100 g/mol. The Morgan fingerprint density at radius 3 is 2.25 bits per heavy atom. The Balaban J connectivity index is 2.19. The van der Waals surface area contributed by atoms with E-state index in [0.29, 0.717) is 11.5 Å². The Labute approximate surface area is 50.7 Å². The van der Waals surface area contributed by atoms with Crippen molar-refractivity contribution >= 4 is 0 Å². The van der Waals surface area contributed by atoms with Gasteiger partial charge in [0.05, 0.1) is 6.10 Å². The molecule has 0 spiro atoms. The highest BCUT2D eigenvalue weighted by Gasteiger charge is 2.37. The molecule has 0 unspecified atom stereocenters. The summed E-state index contributed by atoms with van der Waals surface area (Å²) in [5, 5.41) is 8.84. The van der Waals surface area contributed by atoms with Gasteiger partial charge in [-0.3, -0.25) is 0 Å². The molecule has 1 rings (SSSR count). The van der Waals surface area contributed by atoms with E-state index >= 15 is 0 Å². The molecule has 1 N–H and O–H groups in total. The van der Waals surface area contributed by atoms with Crippen molar-refractivity contribution in [1.29, 1.82) is 0 Å². The summed E-state index contributed by atoms with van der Waals surface area (Å²) in [6.07, 6.45) is 4.09. The van der Waals surface area contributed by atoms with E-state index in [2.05, 4.69) is 6.92 Å². The van der Waals surface area contributed by atoms with Crippen molar-refractivity contribution < 1.29 is 5.11 Å². The van der Waals surface area contributed by atoms with Gasteiger partial charge in [0.1, 0.15) is 0 Å². The van der Waals surface area contributed by atoms with Crippen LogP contribution in [0.25, 0.3) is 0 Å². The Morgan fingerprint density at radius 1 is 1.62 bits per heavy atom. The van der Waals surface area contributed by atoms with Gasteiger partial charge in [-0.15, -0.1) is 0 Å². The van der Waals surface area contributed by atoms with Crippen LogP contribution in [-0.4, -0.2) is 5.11 Å². The van der Waals surface area contributed by atoms with Gasteiger partial charge in [-0.25, -0.2) is 0 Å². The number of rotatable bonds is 2. The Bertz CT molecular complexity index is 82.4. The average molecular weight is 113 g/mol. The average Bonchev–Trinajstić information content (AvgIpc) is 2.17. The molecule has 0 saturated heterocycles. The smallest absolute Gasteiger partial charge is 0.0908 e. The molecule has 8 heavy (non-hydrogen) atoms. The zero-order chi connectivity index (χ0) is 6.20. The maximum Gasteiger partial charge on any atom is 0.0908 e. The summed E-state index contributed by atoms with van der Waals surface area (Å²) >= 11 is 0. The van der Waals surface area contributed by atoms with E-state index in [1.807, 2.05) is 0 Å². The monoisotopic (exact) mass is 113 g/mol. The van der Waals surface area contributed by atoms with Crippen LogP contribution in [-0.2, 0) is 0 Å². The summed E-state index contributed by atoms with van der Waals surface area (Å²) in [5.74, 6) is 0. The zero-order valence-electron chi connectivity index (χ0n) is 5.57. The van der Waals surface area contributed by atoms with Crippen molar-refractivity contribution in [3.63, 3.8) is 0 Å². The fraction of sp³-hybridized carbons (Fsp3) is 0.857. The summed E-state index contributed by atoms with van der Waals surface area (Å²) in [4.78, 5) is 0. The fourth-order valence-electron chi connectivity index (χ4n) is 1.01. The van der Waals surface area contributed by atoms with Crippen LogP contribution in [0.1, 0.15) is 33.1 Å². The molecule has 0 aliphatic heterocycles. The van der Waals surface area contributed by atoms with Crippen molar-refractivity contribution in [2.75, 3.05) is 0 Å².